The van der Waals surface area contributed by atoms with Gasteiger partial charge in [0.05, 0.1) is 22.1 Å². The van der Waals surface area contributed by atoms with E-state index < -0.39 is 56.6 Å². The molecule has 2 aliphatic carbocycles. The molecule has 306 valence electrons. The number of ether oxygens (including phenoxy) is 3. The number of nitrogens with two attached hydrogens (primary N) is 1. The highest BCUT2D eigenvalue weighted by atomic mass is 19.4. The maximum absolute atomic E-state index is 13.0. The number of hydrogen-bond donors (Lipinski definition) is 4. The summed E-state index contributed by atoms with van der Waals surface area (Å²) in [6, 6.07) is 5.53. The van der Waals surface area contributed by atoms with Crippen LogP contribution in [0.5, 0.6) is 0 Å². The summed E-state index contributed by atoms with van der Waals surface area (Å²) >= 11 is 0. The van der Waals surface area contributed by atoms with Gasteiger partial charge in [-0.05, 0) is 88.5 Å². The number of alkyl halides is 6. The van der Waals surface area contributed by atoms with Gasteiger partial charge in [-0.3, -0.25) is 25.0 Å². The normalized spacial score (nSPS) is 21.2. The number of nitrogens with zero attached hydrogens (tertiary/aromatic N) is 2. The van der Waals surface area contributed by atoms with Crippen LogP contribution in [0.15, 0.2) is 36.4 Å². The van der Waals surface area contributed by atoms with Crippen molar-refractivity contribution in [2.45, 2.75) is 101 Å². The number of carboxylic acid groups (broad SMARTS) is 1. The summed E-state index contributed by atoms with van der Waals surface area (Å²) < 4.78 is 93.3. The highest BCUT2D eigenvalue weighted by Gasteiger charge is 2.40. The van der Waals surface area contributed by atoms with E-state index in [4.69, 9.17) is 25.1 Å². The van der Waals surface area contributed by atoms with E-state index in [1.54, 1.807) is 0 Å². The van der Waals surface area contributed by atoms with Gasteiger partial charge >= 0.3 is 18.3 Å². The number of nitro benzene ring substituents is 2. The van der Waals surface area contributed by atoms with Gasteiger partial charge in [-0.25, -0.2) is 4.79 Å². The van der Waals surface area contributed by atoms with Gasteiger partial charge < -0.3 is 35.7 Å². The fourth-order valence-corrected chi connectivity index (χ4v) is 6.14. The highest BCUT2D eigenvalue weighted by molar-refractivity contribution is 5.75. The molecule has 2 saturated carbocycles. The van der Waals surface area contributed by atoms with Crippen molar-refractivity contribution in [3.8, 4) is 0 Å². The first-order valence-electron chi connectivity index (χ1n) is 17.4. The Morgan fingerprint density at radius 1 is 0.727 bits per heavy atom. The van der Waals surface area contributed by atoms with Gasteiger partial charge in [-0.15, -0.1) is 0 Å². The topological polar surface area (TPSA) is 218 Å². The Labute approximate surface area is 311 Å². The highest BCUT2D eigenvalue weighted by Crippen LogP contribution is 2.39. The zero-order valence-corrected chi connectivity index (χ0v) is 29.5. The van der Waals surface area contributed by atoms with Crippen LogP contribution >= 0.6 is 0 Å². The number of primary amides is 1. The molecule has 21 heteroatoms. The Hall–Kier alpha value is -4.76. The predicted octanol–water partition coefficient (Wildman–Crippen LogP) is 7.07. The van der Waals surface area contributed by atoms with Crippen LogP contribution in [0.25, 0.3) is 0 Å². The van der Waals surface area contributed by atoms with Crippen molar-refractivity contribution < 1.29 is 65.1 Å². The molecule has 3 aliphatic rings. The number of rotatable bonds is 12. The molecule has 2 aromatic rings. The van der Waals surface area contributed by atoms with Gasteiger partial charge in [0, 0.05) is 48.8 Å². The molecule has 15 nitrogen and oxygen atoms in total. The van der Waals surface area contributed by atoms with Crippen LogP contribution in [-0.2, 0) is 36.2 Å². The van der Waals surface area contributed by atoms with E-state index in [0.717, 1.165) is 37.5 Å². The van der Waals surface area contributed by atoms with Gasteiger partial charge in [0.2, 0.25) is 5.91 Å². The number of amides is 1. The Kier molecular flexibility index (Phi) is 16.9. The van der Waals surface area contributed by atoms with Crippen molar-refractivity contribution in [1.82, 2.24) is 0 Å². The number of aliphatic carboxylic acids is 1. The van der Waals surface area contributed by atoms with E-state index in [-0.39, 0.29) is 48.9 Å². The maximum atomic E-state index is 13.0. The van der Waals surface area contributed by atoms with Crippen LogP contribution in [-0.4, -0.2) is 77.5 Å². The molecular weight excluding hydrogens is 752 g/mol. The first-order valence-corrected chi connectivity index (χ1v) is 17.4. The van der Waals surface area contributed by atoms with Gasteiger partial charge in [0.15, 0.2) is 0 Å². The molecule has 2 aromatic carbocycles. The molecule has 55 heavy (non-hydrogen) atoms. The van der Waals surface area contributed by atoms with Crippen LogP contribution in [0.4, 0.5) is 49.1 Å². The second kappa shape index (κ2) is 20.8. The lowest BCUT2D eigenvalue weighted by Crippen LogP contribution is -2.32. The molecule has 1 saturated heterocycles. The number of anilines is 2. The van der Waals surface area contributed by atoms with E-state index in [9.17, 15) is 56.2 Å². The first-order chi connectivity index (χ1) is 25.8. The number of carbonyl (C=O) groups excluding carboxylic acids is 1. The van der Waals surface area contributed by atoms with Crippen molar-refractivity contribution in [3.05, 3.63) is 67.8 Å². The van der Waals surface area contributed by atoms with E-state index in [2.05, 4.69) is 10.6 Å². The van der Waals surface area contributed by atoms with E-state index in [1.165, 1.54) is 25.0 Å². The first kappa shape index (κ1) is 44.6. The summed E-state index contributed by atoms with van der Waals surface area (Å²) in [5.41, 5.74) is 0.825. The monoisotopic (exact) mass is 795 g/mol. The number of carbonyl (C=O) groups is 2. The van der Waals surface area contributed by atoms with Crippen molar-refractivity contribution >= 4 is 34.6 Å². The fraction of sp³-hybridized carbons (Fsp3) is 0.588. The van der Waals surface area contributed by atoms with Crippen LogP contribution in [0.2, 0.25) is 0 Å². The minimum absolute atomic E-state index is 0.0732. The van der Waals surface area contributed by atoms with E-state index in [0.29, 0.717) is 51.4 Å². The molecule has 5 N–H and O–H groups in total. The third-order valence-electron chi connectivity index (χ3n) is 8.82. The zero-order chi connectivity index (χ0) is 40.8. The smallest absolute Gasteiger partial charge is 0.423 e. The Balaban J connectivity index is 0.000000261. The number of nitrogens with one attached hydrogen (secondary N) is 2. The molecule has 0 bridgehead atoms. The third-order valence-corrected chi connectivity index (χ3v) is 8.82. The van der Waals surface area contributed by atoms with E-state index >= 15 is 0 Å². The van der Waals surface area contributed by atoms with Crippen molar-refractivity contribution in [1.29, 1.82) is 0 Å². The third kappa shape index (κ3) is 15.5. The largest absolute Gasteiger partial charge is 0.480 e. The van der Waals surface area contributed by atoms with Gasteiger partial charge in [0.1, 0.15) is 24.3 Å². The van der Waals surface area contributed by atoms with Gasteiger partial charge in [0.25, 0.3) is 11.4 Å². The molecule has 0 atom stereocenters. The van der Waals surface area contributed by atoms with Gasteiger partial charge in [-0.2, -0.15) is 26.3 Å². The van der Waals surface area contributed by atoms with Crippen LogP contribution in [0, 0.1) is 20.2 Å². The summed E-state index contributed by atoms with van der Waals surface area (Å²) in [5, 5.41) is 36.0. The maximum Gasteiger partial charge on any atom is 0.423 e. The molecule has 1 heterocycles. The number of halogens is 6. The van der Waals surface area contributed by atoms with Crippen molar-refractivity contribution in [2.75, 3.05) is 37.1 Å². The number of carboxylic acids is 1. The summed E-state index contributed by atoms with van der Waals surface area (Å²) in [6.07, 6.45) is -2.41. The molecule has 0 spiro atoms. The Morgan fingerprint density at radius 3 is 1.40 bits per heavy atom. The average Bonchev–Trinajstić information content (AvgIpc) is 3.71. The lowest BCUT2D eigenvalue weighted by Gasteiger charge is -2.29. The van der Waals surface area contributed by atoms with Crippen molar-refractivity contribution in [2.24, 2.45) is 5.73 Å². The SMILES string of the molecule is C1CCOC1.NC(=O)COC1CCC(Nc2ccc([N+](=O)[O-])c(C(F)(F)F)c2)CC1.O=C(O)COC1CCC(Nc2ccc([N+](=O)[O-])c(C(F)(F)F)c2)CC1. The second-order valence-electron chi connectivity index (χ2n) is 13.0. The summed E-state index contributed by atoms with van der Waals surface area (Å²) in [6.45, 7) is 1.47. The average molecular weight is 796 g/mol. The number of hydrogen-bond acceptors (Lipinski definition) is 11. The molecule has 5 rings (SSSR count). The lowest BCUT2D eigenvalue weighted by molar-refractivity contribution is -0.388. The molecule has 0 unspecified atom stereocenters. The van der Waals surface area contributed by atoms with Gasteiger partial charge in [-0.1, -0.05) is 0 Å². The molecule has 1 aliphatic heterocycles. The fourth-order valence-electron chi connectivity index (χ4n) is 6.14. The Bertz CT molecular complexity index is 1470. The quantitative estimate of drug-likeness (QED) is 0.0963. The standard InChI is InChI=1S/C15H18F3N3O4.C15H17F3N2O5.C4H8O/c16-15(17,18)12-7-10(3-6-13(12)21(23)24)20-9-1-4-11(5-2-9)25-8-14(19)22;16-15(17,18)12-7-10(3-6-13(12)20(23)24)19-9-1-4-11(5-2-9)25-8-14(21)22;1-2-4-5-3-1/h3,6-7,9,11,20H,1-2,4-5,8H2,(H2,19,22);3,6-7,9,11,19H,1-2,4-5,8H2,(H,21,22);1-4H2. The Morgan fingerprint density at radius 2 is 1.11 bits per heavy atom. The van der Waals surface area contributed by atoms with Crippen LogP contribution in [0.3, 0.4) is 0 Å². The minimum atomic E-state index is -4.82. The van der Waals surface area contributed by atoms with Crippen LogP contribution in [0.1, 0.15) is 75.3 Å². The van der Waals surface area contributed by atoms with E-state index in [1.807, 2.05) is 0 Å². The predicted molar refractivity (Wildman–Crippen MR) is 184 cm³/mol. The summed E-state index contributed by atoms with van der Waals surface area (Å²) in [4.78, 5) is 40.5. The molecule has 0 radical (unpaired) electrons. The second-order valence-corrected chi connectivity index (χ2v) is 13.0. The summed E-state index contributed by atoms with van der Waals surface area (Å²) in [5.74, 6) is -1.60. The summed E-state index contributed by atoms with van der Waals surface area (Å²) in [7, 11) is 0. The zero-order valence-electron chi connectivity index (χ0n) is 29.5. The number of benzene rings is 2. The van der Waals surface area contributed by atoms with Crippen LogP contribution < -0.4 is 16.4 Å². The number of nitro groups is 2. The van der Waals surface area contributed by atoms with Crippen molar-refractivity contribution in [3.63, 3.8) is 0 Å². The molecule has 1 amide bonds. The lowest BCUT2D eigenvalue weighted by atomic mass is 9.92. The molecular formula is C34H43F6N5O10. The molecule has 0 aromatic heterocycles. The minimum Gasteiger partial charge on any atom is -0.480 e. The molecule has 3 fully saturated rings.